The minimum Gasteiger partial charge on any atom is -0.508 e. The number of halogens is 1. The zero-order valence-corrected chi connectivity index (χ0v) is 23.1. The molecule has 0 atom stereocenters. The number of phenolic OH excluding ortho intramolecular Hbond substituents is 1. The van der Waals surface area contributed by atoms with Gasteiger partial charge in [0.1, 0.15) is 29.4 Å². The zero-order valence-electron chi connectivity index (χ0n) is 23.1. The van der Waals surface area contributed by atoms with E-state index in [9.17, 15) is 5.11 Å². The molecule has 6 heterocycles. The van der Waals surface area contributed by atoms with Gasteiger partial charge < -0.3 is 19.5 Å². The molecular formula is C32H34FN5O3. The maximum absolute atomic E-state index is 16.5. The number of nitrogens with zero attached hydrogens (tertiary/aromatic N) is 5. The van der Waals surface area contributed by atoms with Crippen LogP contribution in [0.1, 0.15) is 38.5 Å². The number of rotatable bonds is 5. The summed E-state index contributed by atoms with van der Waals surface area (Å²) in [5.41, 5.74) is 1.01. The predicted octanol–water partition coefficient (Wildman–Crippen LogP) is 5.31. The zero-order chi connectivity index (χ0) is 27.6. The molecule has 0 unspecified atom stereocenters. The highest BCUT2D eigenvalue weighted by Crippen LogP contribution is 2.44. The van der Waals surface area contributed by atoms with Gasteiger partial charge in [-0.3, -0.25) is 9.88 Å². The molecule has 0 amide bonds. The molecule has 4 aliphatic rings. The molecular weight excluding hydrogens is 521 g/mol. The number of pyridine rings is 1. The number of benzene rings is 2. The quantitative estimate of drug-likeness (QED) is 0.355. The molecule has 4 aromatic rings. The van der Waals surface area contributed by atoms with Crippen LogP contribution in [0.5, 0.6) is 11.8 Å². The van der Waals surface area contributed by atoms with Gasteiger partial charge in [-0.1, -0.05) is 24.3 Å². The van der Waals surface area contributed by atoms with Crippen LogP contribution in [0.25, 0.3) is 32.9 Å². The van der Waals surface area contributed by atoms with E-state index in [-0.39, 0.29) is 33.9 Å². The highest BCUT2D eigenvalue weighted by molar-refractivity contribution is 6.00. The van der Waals surface area contributed by atoms with E-state index in [4.69, 9.17) is 14.5 Å². The summed E-state index contributed by atoms with van der Waals surface area (Å²) < 4.78 is 28.7. The summed E-state index contributed by atoms with van der Waals surface area (Å²) >= 11 is 0. The van der Waals surface area contributed by atoms with Crippen LogP contribution in [0.4, 0.5) is 10.2 Å². The Morgan fingerprint density at radius 3 is 2.63 bits per heavy atom. The van der Waals surface area contributed by atoms with Crippen molar-refractivity contribution in [3.63, 3.8) is 0 Å². The summed E-state index contributed by atoms with van der Waals surface area (Å²) in [6, 6.07) is 11.0. The minimum atomic E-state index is -0.537. The third kappa shape index (κ3) is 4.12. The van der Waals surface area contributed by atoms with Gasteiger partial charge in [0, 0.05) is 36.9 Å². The number of hydrogen-bond acceptors (Lipinski definition) is 8. The Balaban J connectivity index is 1.22. The van der Waals surface area contributed by atoms with Crippen LogP contribution in [-0.4, -0.2) is 76.5 Å². The van der Waals surface area contributed by atoms with Crippen molar-refractivity contribution >= 4 is 27.5 Å². The topological polar surface area (TPSA) is 83.8 Å². The fourth-order valence-electron chi connectivity index (χ4n) is 7.74. The van der Waals surface area contributed by atoms with E-state index in [1.807, 2.05) is 24.3 Å². The summed E-state index contributed by atoms with van der Waals surface area (Å²) in [6.07, 6.45) is 8.41. The second-order valence-electron chi connectivity index (χ2n) is 12.4. The van der Waals surface area contributed by atoms with Gasteiger partial charge in [-0.2, -0.15) is 9.97 Å². The monoisotopic (exact) mass is 555 g/mol. The molecule has 0 saturated carbocycles. The fraction of sp³-hybridized carbons (Fsp3) is 0.469. The molecule has 8 nitrogen and oxygen atoms in total. The van der Waals surface area contributed by atoms with Crippen molar-refractivity contribution in [2.75, 3.05) is 50.9 Å². The number of fused-ring (bicyclic) bond motifs is 3. The average molecular weight is 556 g/mol. The number of hydrogen-bond donors (Lipinski definition) is 1. The normalized spacial score (nSPS) is 21.4. The summed E-state index contributed by atoms with van der Waals surface area (Å²) in [5, 5.41) is 12.6. The van der Waals surface area contributed by atoms with Gasteiger partial charge in [0.15, 0.2) is 5.82 Å². The Kier molecular flexibility index (Phi) is 5.83. The Hall–Kier alpha value is -3.56. The van der Waals surface area contributed by atoms with Gasteiger partial charge in [0.25, 0.3) is 0 Å². The SMILES string of the molecule is Oc1cc(-c2ncc3c(N4CC5(CCCOC5)C4)nc(OCC45CCCN4CCC5)nc3c2F)c2ccccc2c1. The lowest BCUT2D eigenvalue weighted by Gasteiger charge is -2.52. The second kappa shape index (κ2) is 9.49. The maximum atomic E-state index is 16.5. The molecule has 9 heteroatoms. The van der Waals surface area contributed by atoms with Crippen LogP contribution in [0.15, 0.2) is 42.6 Å². The average Bonchev–Trinajstić information content (AvgIpc) is 3.56. The van der Waals surface area contributed by atoms with Crippen molar-refractivity contribution in [1.29, 1.82) is 0 Å². The number of phenols is 1. The lowest BCUT2D eigenvalue weighted by molar-refractivity contribution is -0.0236. The summed E-state index contributed by atoms with van der Waals surface area (Å²) in [5.74, 6) is 0.182. The number of ether oxygens (including phenoxy) is 2. The van der Waals surface area contributed by atoms with Crippen LogP contribution < -0.4 is 9.64 Å². The van der Waals surface area contributed by atoms with Crippen LogP contribution >= 0.6 is 0 Å². The van der Waals surface area contributed by atoms with E-state index in [1.54, 1.807) is 18.3 Å². The third-order valence-corrected chi connectivity index (χ3v) is 9.78. The lowest BCUT2D eigenvalue weighted by atomic mass is 9.75. The molecule has 4 aliphatic heterocycles. The van der Waals surface area contributed by atoms with Crippen molar-refractivity contribution in [1.82, 2.24) is 19.9 Å². The molecule has 1 spiro atoms. The van der Waals surface area contributed by atoms with Crippen LogP contribution in [0, 0.1) is 11.2 Å². The van der Waals surface area contributed by atoms with Crippen molar-refractivity contribution in [3.05, 3.63) is 48.4 Å². The van der Waals surface area contributed by atoms with E-state index < -0.39 is 5.82 Å². The minimum absolute atomic E-state index is 0.0289. The Labute approximate surface area is 238 Å². The van der Waals surface area contributed by atoms with Crippen molar-refractivity contribution < 1.29 is 19.0 Å². The van der Waals surface area contributed by atoms with Crippen LogP contribution in [0.2, 0.25) is 0 Å². The van der Waals surface area contributed by atoms with Crippen LogP contribution in [0.3, 0.4) is 0 Å². The first-order valence-electron chi connectivity index (χ1n) is 14.8. The standard InChI is InChI=1S/C32H34FN5O3/c33-26-27(24-15-22(39)14-21-6-1-2-7-23(21)24)34-16-25-28(26)35-30(41-20-32-9-3-11-38(32)12-4-10-32)36-29(25)37-17-31(18-37)8-5-13-40-19-31/h1-2,6-7,14-16,39H,3-5,8-13,17-20H2. The van der Waals surface area contributed by atoms with Crippen molar-refractivity contribution in [2.24, 2.45) is 5.41 Å². The molecule has 0 aliphatic carbocycles. The Bertz CT molecular complexity index is 1640. The maximum Gasteiger partial charge on any atom is 0.319 e. The van der Waals surface area contributed by atoms with Gasteiger partial charge in [-0.05, 0) is 74.5 Å². The van der Waals surface area contributed by atoms with E-state index >= 15 is 4.39 Å². The summed E-state index contributed by atoms with van der Waals surface area (Å²) in [7, 11) is 0. The predicted molar refractivity (Wildman–Crippen MR) is 155 cm³/mol. The molecule has 2 aromatic carbocycles. The molecule has 8 rings (SSSR count). The number of anilines is 1. The molecule has 1 N–H and O–H groups in total. The van der Waals surface area contributed by atoms with E-state index in [2.05, 4.69) is 19.8 Å². The van der Waals surface area contributed by atoms with Crippen LogP contribution in [-0.2, 0) is 4.74 Å². The largest absolute Gasteiger partial charge is 0.508 e. The van der Waals surface area contributed by atoms with Gasteiger partial charge >= 0.3 is 6.01 Å². The Morgan fingerprint density at radius 2 is 1.83 bits per heavy atom. The van der Waals surface area contributed by atoms with Gasteiger partial charge in [0.05, 0.1) is 17.5 Å². The first-order chi connectivity index (χ1) is 20.0. The number of aromatic nitrogens is 3. The van der Waals surface area contributed by atoms with Gasteiger partial charge in [-0.15, -0.1) is 0 Å². The van der Waals surface area contributed by atoms with Gasteiger partial charge in [0.2, 0.25) is 0 Å². The summed E-state index contributed by atoms with van der Waals surface area (Å²) in [6.45, 7) is 5.88. The number of aromatic hydroxyl groups is 1. The van der Waals surface area contributed by atoms with E-state index in [1.165, 1.54) is 12.8 Å². The first kappa shape index (κ1) is 25.2. The highest BCUT2D eigenvalue weighted by Gasteiger charge is 2.47. The lowest BCUT2D eigenvalue weighted by Crippen LogP contribution is -2.60. The highest BCUT2D eigenvalue weighted by atomic mass is 19.1. The summed E-state index contributed by atoms with van der Waals surface area (Å²) in [4.78, 5) is 18.8. The molecule has 2 aromatic heterocycles. The molecule has 212 valence electrons. The third-order valence-electron chi connectivity index (χ3n) is 9.78. The molecule has 4 fully saturated rings. The van der Waals surface area contributed by atoms with Crippen molar-refractivity contribution in [3.8, 4) is 23.0 Å². The molecule has 0 radical (unpaired) electrons. The van der Waals surface area contributed by atoms with Crippen molar-refractivity contribution in [2.45, 2.75) is 44.1 Å². The molecule has 41 heavy (non-hydrogen) atoms. The smallest absolute Gasteiger partial charge is 0.319 e. The van der Waals surface area contributed by atoms with Gasteiger partial charge in [-0.25, -0.2) is 4.39 Å². The fourth-order valence-corrected chi connectivity index (χ4v) is 7.74. The Morgan fingerprint density at radius 1 is 1.00 bits per heavy atom. The molecule has 4 saturated heterocycles. The first-order valence-corrected chi connectivity index (χ1v) is 14.8. The molecule has 0 bridgehead atoms. The van der Waals surface area contributed by atoms with E-state index in [0.717, 1.165) is 75.8 Å². The second-order valence-corrected chi connectivity index (χ2v) is 12.4. The van der Waals surface area contributed by atoms with E-state index in [0.29, 0.717) is 23.4 Å².